The number of carbonyl (C=O) groups excluding carboxylic acids is 2. The van der Waals surface area contributed by atoms with E-state index in [1.54, 1.807) is 10.3 Å². The molecule has 1 aliphatic rings. The molecule has 0 saturated carbocycles. The second-order valence-corrected chi connectivity index (χ2v) is 5.73. The highest BCUT2D eigenvalue weighted by Crippen LogP contribution is 2.20. The van der Waals surface area contributed by atoms with Gasteiger partial charge in [-0.1, -0.05) is 0 Å². The number of rotatable bonds is 4. The number of hydrogen-bond donors (Lipinski definition) is 1. The summed E-state index contributed by atoms with van der Waals surface area (Å²) in [6.45, 7) is 2.84. The van der Waals surface area contributed by atoms with Crippen LogP contribution in [0.2, 0.25) is 0 Å². The molecule has 2 rings (SSSR count). The van der Waals surface area contributed by atoms with Crippen LogP contribution >= 0.6 is 27.3 Å². The minimum Gasteiger partial charge on any atom is -0.378 e. The molecule has 19 heavy (non-hydrogen) atoms. The number of morpholine rings is 1. The maximum Gasteiger partial charge on any atom is 0.253 e. The fraction of sp³-hybridized carbons (Fsp3) is 0.500. The van der Waals surface area contributed by atoms with E-state index in [0.717, 1.165) is 4.47 Å². The van der Waals surface area contributed by atoms with Crippen LogP contribution in [0.5, 0.6) is 0 Å². The molecule has 0 aliphatic carbocycles. The molecule has 1 N–H and O–H groups in total. The molecule has 7 heteroatoms. The fourth-order valence-electron chi connectivity index (χ4n) is 1.79. The molecule has 0 spiro atoms. The SMILES string of the molecule is O=C(NCCC(=O)N1CCOCC1)c1cscc1Br. The highest BCUT2D eigenvalue weighted by atomic mass is 79.9. The minimum absolute atomic E-state index is 0.0629. The van der Waals surface area contributed by atoms with E-state index in [1.165, 1.54) is 11.3 Å². The summed E-state index contributed by atoms with van der Waals surface area (Å²) in [5.41, 5.74) is 0.615. The molecule has 0 atom stereocenters. The van der Waals surface area contributed by atoms with Crippen LogP contribution in [-0.2, 0) is 9.53 Å². The lowest BCUT2D eigenvalue weighted by molar-refractivity contribution is -0.135. The van der Waals surface area contributed by atoms with Gasteiger partial charge in [0, 0.05) is 41.3 Å². The molecule has 5 nitrogen and oxygen atoms in total. The third-order valence-electron chi connectivity index (χ3n) is 2.85. The first-order chi connectivity index (χ1) is 9.18. The van der Waals surface area contributed by atoms with Crippen molar-refractivity contribution in [3.05, 3.63) is 20.8 Å². The van der Waals surface area contributed by atoms with Gasteiger partial charge in [0.2, 0.25) is 5.91 Å². The lowest BCUT2D eigenvalue weighted by Crippen LogP contribution is -2.42. The van der Waals surface area contributed by atoms with Crippen LogP contribution in [-0.4, -0.2) is 49.6 Å². The molecule has 2 heterocycles. The summed E-state index contributed by atoms with van der Waals surface area (Å²) < 4.78 is 5.97. The zero-order valence-electron chi connectivity index (χ0n) is 10.4. The van der Waals surface area contributed by atoms with Crippen LogP contribution in [0.1, 0.15) is 16.8 Å². The van der Waals surface area contributed by atoms with Crippen LogP contribution in [0.4, 0.5) is 0 Å². The summed E-state index contributed by atoms with van der Waals surface area (Å²) in [6, 6.07) is 0. The molecule has 1 aliphatic heterocycles. The molecule has 0 aromatic carbocycles. The van der Waals surface area contributed by atoms with E-state index in [9.17, 15) is 9.59 Å². The van der Waals surface area contributed by atoms with E-state index in [1.807, 2.05) is 5.38 Å². The Labute approximate surface area is 124 Å². The average molecular weight is 347 g/mol. The van der Waals surface area contributed by atoms with Gasteiger partial charge in [-0.2, -0.15) is 11.3 Å². The lowest BCUT2D eigenvalue weighted by Gasteiger charge is -2.26. The molecule has 1 aromatic rings. The van der Waals surface area contributed by atoms with Gasteiger partial charge in [0.25, 0.3) is 5.91 Å². The molecular formula is C12H15BrN2O3S. The van der Waals surface area contributed by atoms with Gasteiger partial charge in [-0.15, -0.1) is 0 Å². The van der Waals surface area contributed by atoms with Gasteiger partial charge in [-0.3, -0.25) is 9.59 Å². The maximum absolute atomic E-state index is 11.8. The van der Waals surface area contributed by atoms with Crippen LogP contribution in [0.3, 0.4) is 0 Å². The fourth-order valence-corrected chi connectivity index (χ4v) is 3.25. The highest BCUT2D eigenvalue weighted by Gasteiger charge is 2.17. The Hall–Kier alpha value is -0.920. The molecule has 104 valence electrons. The number of nitrogens with one attached hydrogen (secondary N) is 1. The number of halogens is 1. The van der Waals surface area contributed by atoms with E-state index in [-0.39, 0.29) is 11.8 Å². The average Bonchev–Trinajstić information content (AvgIpc) is 2.86. The second-order valence-electron chi connectivity index (χ2n) is 4.13. The number of nitrogens with zero attached hydrogens (tertiary/aromatic N) is 1. The summed E-state index contributed by atoms with van der Waals surface area (Å²) in [4.78, 5) is 25.4. The summed E-state index contributed by atoms with van der Waals surface area (Å²) in [5, 5.41) is 6.39. The molecule has 0 radical (unpaired) electrons. The monoisotopic (exact) mass is 346 g/mol. The van der Waals surface area contributed by atoms with Crippen molar-refractivity contribution < 1.29 is 14.3 Å². The zero-order chi connectivity index (χ0) is 13.7. The van der Waals surface area contributed by atoms with Crippen LogP contribution in [0.15, 0.2) is 15.2 Å². The van der Waals surface area contributed by atoms with Crippen LogP contribution in [0.25, 0.3) is 0 Å². The van der Waals surface area contributed by atoms with Gasteiger partial charge in [-0.25, -0.2) is 0 Å². The minimum atomic E-state index is -0.150. The Balaban J connectivity index is 1.73. The highest BCUT2D eigenvalue weighted by molar-refractivity contribution is 9.10. The number of ether oxygens (including phenoxy) is 1. The van der Waals surface area contributed by atoms with E-state index < -0.39 is 0 Å². The van der Waals surface area contributed by atoms with E-state index in [2.05, 4.69) is 21.2 Å². The first kappa shape index (κ1) is 14.5. The van der Waals surface area contributed by atoms with Gasteiger partial charge in [0.1, 0.15) is 0 Å². The van der Waals surface area contributed by atoms with E-state index in [0.29, 0.717) is 44.8 Å². The number of amides is 2. The smallest absolute Gasteiger partial charge is 0.253 e. The van der Waals surface area contributed by atoms with Gasteiger partial charge in [0.15, 0.2) is 0 Å². The second kappa shape index (κ2) is 7.02. The quantitative estimate of drug-likeness (QED) is 0.898. The Kier molecular flexibility index (Phi) is 5.35. The molecule has 0 bridgehead atoms. The van der Waals surface area contributed by atoms with E-state index in [4.69, 9.17) is 4.74 Å². The van der Waals surface area contributed by atoms with Crippen molar-refractivity contribution in [3.8, 4) is 0 Å². The Bertz CT molecular complexity index is 458. The molecule has 1 fully saturated rings. The van der Waals surface area contributed by atoms with Gasteiger partial charge >= 0.3 is 0 Å². The largest absolute Gasteiger partial charge is 0.378 e. The standard InChI is InChI=1S/C12H15BrN2O3S/c13-10-8-19-7-9(10)12(17)14-2-1-11(16)15-3-5-18-6-4-15/h7-8H,1-6H2,(H,14,17). The van der Waals surface area contributed by atoms with Crippen molar-refractivity contribution in [2.45, 2.75) is 6.42 Å². The third-order valence-corrected chi connectivity index (χ3v) is 4.55. The van der Waals surface area contributed by atoms with Crippen molar-refractivity contribution in [2.24, 2.45) is 0 Å². The number of hydrogen-bond acceptors (Lipinski definition) is 4. The first-order valence-corrected chi connectivity index (χ1v) is 7.77. The molecular weight excluding hydrogens is 332 g/mol. The molecule has 1 aromatic heterocycles. The number of thiophene rings is 1. The summed E-state index contributed by atoms with van der Waals surface area (Å²) in [5.74, 6) is -0.0871. The molecule has 1 saturated heterocycles. The zero-order valence-corrected chi connectivity index (χ0v) is 12.8. The normalized spacial score (nSPS) is 15.3. The Morgan fingerprint density at radius 3 is 2.74 bits per heavy atom. The maximum atomic E-state index is 11.8. The topological polar surface area (TPSA) is 58.6 Å². The predicted octanol–water partition coefficient (Wildman–Crippen LogP) is 1.49. The lowest BCUT2D eigenvalue weighted by atomic mass is 10.3. The Morgan fingerprint density at radius 2 is 2.11 bits per heavy atom. The van der Waals surface area contributed by atoms with Crippen LogP contribution in [0, 0.1) is 0 Å². The summed E-state index contributed by atoms with van der Waals surface area (Å²) in [6.07, 6.45) is 0.327. The summed E-state index contributed by atoms with van der Waals surface area (Å²) >= 11 is 4.77. The summed E-state index contributed by atoms with van der Waals surface area (Å²) in [7, 11) is 0. The van der Waals surface area contributed by atoms with Gasteiger partial charge < -0.3 is 15.0 Å². The van der Waals surface area contributed by atoms with E-state index >= 15 is 0 Å². The third kappa shape index (κ3) is 4.02. The number of carbonyl (C=O) groups is 2. The predicted molar refractivity (Wildman–Crippen MR) is 76.4 cm³/mol. The van der Waals surface area contributed by atoms with Crippen molar-refractivity contribution in [2.75, 3.05) is 32.8 Å². The van der Waals surface area contributed by atoms with Crippen molar-refractivity contribution in [3.63, 3.8) is 0 Å². The van der Waals surface area contributed by atoms with Gasteiger partial charge in [-0.05, 0) is 15.9 Å². The molecule has 2 amide bonds. The van der Waals surface area contributed by atoms with Crippen LogP contribution < -0.4 is 5.32 Å². The molecule has 0 unspecified atom stereocenters. The van der Waals surface area contributed by atoms with Crippen molar-refractivity contribution >= 4 is 39.1 Å². The van der Waals surface area contributed by atoms with Gasteiger partial charge in [0.05, 0.1) is 18.8 Å². The van der Waals surface area contributed by atoms with Crippen molar-refractivity contribution in [1.29, 1.82) is 0 Å². The first-order valence-electron chi connectivity index (χ1n) is 6.04. The van der Waals surface area contributed by atoms with Crippen molar-refractivity contribution in [1.82, 2.24) is 10.2 Å². The Morgan fingerprint density at radius 1 is 1.37 bits per heavy atom.